The molecule has 2 aromatic rings. The van der Waals surface area contributed by atoms with Crippen molar-refractivity contribution in [2.75, 3.05) is 17.7 Å². The van der Waals surface area contributed by atoms with Crippen molar-refractivity contribution in [1.29, 1.82) is 0 Å². The number of nitrogens with zero attached hydrogens (tertiary/aromatic N) is 1. The number of anilines is 1. The van der Waals surface area contributed by atoms with Crippen molar-refractivity contribution >= 4 is 70.0 Å². The molecular formula is C24H24Cl3N3O4S. The Balaban J connectivity index is 1.52. The van der Waals surface area contributed by atoms with Crippen molar-refractivity contribution in [1.82, 2.24) is 10.2 Å². The number of nitrogens with one attached hydrogen (secondary N) is 2. The highest BCUT2D eigenvalue weighted by Gasteiger charge is 2.62. The van der Waals surface area contributed by atoms with Gasteiger partial charge in [0, 0.05) is 11.4 Å². The van der Waals surface area contributed by atoms with Crippen LogP contribution in [-0.2, 0) is 25.5 Å². The Bertz CT molecular complexity index is 1090. The summed E-state index contributed by atoms with van der Waals surface area (Å²) >= 11 is 18.8. The monoisotopic (exact) mass is 555 g/mol. The van der Waals surface area contributed by atoms with Crippen molar-refractivity contribution in [3.05, 3.63) is 66.2 Å². The molecule has 2 saturated heterocycles. The van der Waals surface area contributed by atoms with E-state index >= 15 is 0 Å². The van der Waals surface area contributed by atoms with Crippen LogP contribution in [0.3, 0.4) is 0 Å². The second-order valence-electron chi connectivity index (χ2n) is 8.69. The SMILES string of the molecule is CC1(Nc2ccccc2)CS[C@H]2C(NC(=O)Cc3ccccc3)C(=O)N2C1C(=O)OCC(Cl)(Cl)Cl. The lowest BCUT2D eigenvalue weighted by Crippen LogP contribution is -2.80. The Labute approximate surface area is 222 Å². The molecule has 0 bridgehead atoms. The fourth-order valence-electron chi connectivity index (χ4n) is 4.28. The van der Waals surface area contributed by atoms with E-state index in [4.69, 9.17) is 39.5 Å². The van der Waals surface area contributed by atoms with Gasteiger partial charge in [-0.2, -0.15) is 0 Å². The summed E-state index contributed by atoms with van der Waals surface area (Å²) in [6.07, 6.45) is 0.157. The van der Waals surface area contributed by atoms with Gasteiger partial charge in [-0.1, -0.05) is 83.3 Å². The molecule has 4 rings (SSSR count). The first-order chi connectivity index (χ1) is 16.6. The van der Waals surface area contributed by atoms with Gasteiger partial charge in [0.1, 0.15) is 18.0 Å². The second kappa shape index (κ2) is 10.5. The van der Waals surface area contributed by atoms with E-state index in [9.17, 15) is 14.4 Å². The van der Waals surface area contributed by atoms with Gasteiger partial charge < -0.3 is 20.3 Å². The first kappa shape index (κ1) is 25.9. The van der Waals surface area contributed by atoms with Crippen LogP contribution in [0.1, 0.15) is 12.5 Å². The lowest BCUT2D eigenvalue weighted by molar-refractivity contribution is -0.168. The zero-order valence-corrected chi connectivity index (χ0v) is 21.8. The van der Waals surface area contributed by atoms with Crippen LogP contribution in [0, 0.1) is 0 Å². The van der Waals surface area contributed by atoms with Crippen molar-refractivity contribution in [2.45, 2.75) is 40.1 Å². The maximum absolute atomic E-state index is 13.2. The largest absolute Gasteiger partial charge is 0.460 e. The van der Waals surface area contributed by atoms with Crippen LogP contribution in [0.4, 0.5) is 5.69 Å². The van der Waals surface area contributed by atoms with Crippen molar-refractivity contribution in [2.24, 2.45) is 0 Å². The number of alkyl halides is 3. The van der Waals surface area contributed by atoms with Gasteiger partial charge in [0.15, 0.2) is 6.04 Å². The van der Waals surface area contributed by atoms with E-state index in [1.807, 2.05) is 67.6 Å². The molecule has 7 nitrogen and oxygen atoms in total. The third-order valence-electron chi connectivity index (χ3n) is 5.84. The van der Waals surface area contributed by atoms with Crippen LogP contribution in [-0.4, -0.2) is 61.8 Å². The van der Waals surface area contributed by atoms with E-state index in [1.165, 1.54) is 16.7 Å². The van der Waals surface area contributed by atoms with Crippen LogP contribution in [0.15, 0.2) is 60.7 Å². The van der Waals surface area contributed by atoms with Gasteiger partial charge in [0.25, 0.3) is 0 Å². The summed E-state index contributed by atoms with van der Waals surface area (Å²) in [7, 11) is 0. The summed E-state index contributed by atoms with van der Waals surface area (Å²) in [5, 5.41) is 5.78. The predicted molar refractivity (Wildman–Crippen MR) is 139 cm³/mol. The van der Waals surface area contributed by atoms with Gasteiger partial charge >= 0.3 is 5.97 Å². The minimum absolute atomic E-state index is 0.157. The molecule has 186 valence electrons. The second-order valence-corrected chi connectivity index (χ2v) is 12.3. The van der Waals surface area contributed by atoms with E-state index in [0.717, 1.165) is 11.3 Å². The fraction of sp³-hybridized carbons (Fsp3) is 0.375. The maximum atomic E-state index is 13.2. The van der Waals surface area contributed by atoms with Gasteiger partial charge in [-0.3, -0.25) is 9.59 Å². The molecule has 2 aromatic carbocycles. The summed E-state index contributed by atoms with van der Waals surface area (Å²) in [5.74, 6) is -0.842. The molecule has 2 amide bonds. The molecule has 0 aliphatic carbocycles. The Morgan fingerprint density at radius 3 is 2.37 bits per heavy atom. The fourth-order valence-corrected chi connectivity index (χ4v) is 5.96. The molecule has 0 radical (unpaired) electrons. The average molecular weight is 557 g/mol. The highest BCUT2D eigenvalue weighted by Crippen LogP contribution is 2.44. The molecule has 0 spiro atoms. The lowest BCUT2D eigenvalue weighted by atomic mass is 9.87. The first-order valence-corrected chi connectivity index (χ1v) is 13.1. The number of ether oxygens (including phenoxy) is 1. The molecule has 2 aliphatic rings. The maximum Gasteiger partial charge on any atom is 0.331 e. The third kappa shape index (κ3) is 6.00. The molecule has 0 aromatic heterocycles. The Hall–Kier alpha value is -2.13. The van der Waals surface area contributed by atoms with Crippen molar-refractivity contribution < 1.29 is 19.1 Å². The number of amides is 2. The van der Waals surface area contributed by atoms with Gasteiger partial charge in [-0.25, -0.2) is 4.79 Å². The molecule has 2 fully saturated rings. The van der Waals surface area contributed by atoms with Crippen LogP contribution >= 0.6 is 46.6 Å². The summed E-state index contributed by atoms with van der Waals surface area (Å²) in [4.78, 5) is 40.5. The molecule has 2 N–H and O–H groups in total. The number of hydrogen-bond donors (Lipinski definition) is 2. The minimum atomic E-state index is -1.78. The highest BCUT2D eigenvalue weighted by molar-refractivity contribution is 8.00. The number of benzene rings is 2. The first-order valence-electron chi connectivity index (χ1n) is 10.9. The normalized spacial score (nSPS) is 25.8. The topological polar surface area (TPSA) is 87.7 Å². The molecule has 2 aliphatic heterocycles. The number of para-hydroxylation sites is 1. The summed E-state index contributed by atoms with van der Waals surface area (Å²) in [6, 6.07) is 16.9. The molecular weight excluding hydrogens is 533 g/mol. The summed E-state index contributed by atoms with van der Waals surface area (Å²) < 4.78 is 3.53. The number of carbonyl (C=O) groups is 3. The summed E-state index contributed by atoms with van der Waals surface area (Å²) in [5.41, 5.74) is 0.758. The number of β-lactam (4-membered cyclic amide) rings is 1. The van der Waals surface area contributed by atoms with Crippen LogP contribution < -0.4 is 10.6 Å². The Morgan fingerprint density at radius 2 is 1.74 bits per heavy atom. The highest BCUT2D eigenvalue weighted by atomic mass is 35.6. The number of hydrogen-bond acceptors (Lipinski definition) is 6. The van der Waals surface area contributed by atoms with E-state index in [-0.39, 0.29) is 18.2 Å². The summed E-state index contributed by atoms with van der Waals surface area (Å²) in [6.45, 7) is 1.39. The molecule has 4 atom stereocenters. The lowest BCUT2D eigenvalue weighted by Gasteiger charge is -2.58. The van der Waals surface area contributed by atoms with Crippen LogP contribution in [0.5, 0.6) is 0 Å². The minimum Gasteiger partial charge on any atom is -0.460 e. The number of rotatable bonds is 7. The van der Waals surface area contributed by atoms with E-state index in [2.05, 4.69) is 10.6 Å². The van der Waals surface area contributed by atoms with E-state index < -0.39 is 39.4 Å². The number of carbonyl (C=O) groups excluding carboxylic acids is 3. The average Bonchev–Trinajstić information content (AvgIpc) is 2.81. The molecule has 0 saturated carbocycles. The van der Waals surface area contributed by atoms with Gasteiger partial charge in [-0.15, -0.1) is 11.8 Å². The number of halogens is 3. The Morgan fingerprint density at radius 1 is 1.11 bits per heavy atom. The van der Waals surface area contributed by atoms with Crippen molar-refractivity contribution in [3.63, 3.8) is 0 Å². The molecule has 35 heavy (non-hydrogen) atoms. The predicted octanol–water partition coefficient (Wildman–Crippen LogP) is 3.78. The van der Waals surface area contributed by atoms with E-state index in [0.29, 0.717) is 5.75 Å². The van der Waals surface area contributed by atoms with Crippen molar-refractivity contribution in [3.8, 4) is 0 Å². The smallest absolute Gasteiger partial charge is 0.331 e. The number of fused-ring (bicyclic) bond motifs is 1. The molecule has 2 heterocycles. The zero-order chi connectivity index (χ0) is 25.2. The zero-order valence-electron chi connectivity index (χ0n) is 18.7. The van der Waals surface area contributed by atoms with Gasteiger partial charge in [0.05, 0.1) is 12.0 Å². The van der Waals surface area contributed by atoms with E-state index in [1.54, 1.807) is 0 Å². The number of thioether (sulfide) groups is 1. The Kier molecular flexibility index (Phi) is 7.76. The quantitative estimate of drug-likeness (QED) is 0.307. The van der Waals surface area contributed by atoms with Gasteiger partial charge in [0.2, 0.25) is 15.6 Å². The number of esters is 1. The molecule has 11 heteroatoms. The third-order valence-corrected chi connectivity index (χ3v) is 7.78. The van der Waals surface area contributed by atoms with Crippen LogP contribution in [0.2, 0.25) is 0 Å². The molecule has 3 unspecified atom stereocenters. The standard InChI is InChI=1S/C24H24Cl3N3O4S/c1-23(29-16-10-6-3-7-11-16)14-35-21-18(28-17(31)12-15-8-4-2-5-9-15)20(32)30(21)19(23)22(33)34-13-24(25,26)27/h2-11,18-19,21,29H,12-14H2,1H3,(H,28,31)/t18?,19?,21-,23?/m0/s1. The van der Waals surface area contributed by atoms with Gasteiger partial charge in [-0.05, 0) is 24.6 Å². The van der Waals surface area contributed by atoms with Crippen LogP contribution in [0.25, 0.3) is 0 Å².